The zero-order chi connectivity index (χ0) is 21.3. The first-order chi connectivity index (χ1) is 13.6. The first kappa shape index (κ1) is 21.1. The number of nitrogens with two attached hydrogens (primary N) is 1. The van der Waals surface area contributed by atoms with E-state index in [4.69, 9.17) is 22.1 Å². The molecule has 3 aromatic rings. The summed E-state index contributed by atoms with van der Waals surface area (Å²) >= 11 is 6.29. The first-order valence-corrected chi connectivity index (χ1v) is 10.7. The molecule has 156 valence electrons. The van der Waals surface area contributed by atoms with E-state index in [9.17, 15) is 17.2 Å². The molecule has 1 heterocycles. The van der Waals surface area contributed by atoms with E-state index < -0.39 is 23.0 Å². The number of halogens is 3. The number of anilines is 2. The molecule has 7 nitrogen and oxygen atoms in total. The Hall–Kier alpha value is -2.59. The molecular weight excluding hydrogens is 426 g/mol. The molecule has 2 aromatic carbocycles. The van der Waals surface area contributed by atoms with E-state index >= 15 is 0 Å². The van der Waals surface area contributed by atoms with E-state index in [1.807, 2.05) is 0 Å². The average Bonchev–Trinajstić information content (AvgIpc) is 3.01. The van der Waals surface area contributed by atoms with Crippen molar-refractivity contribution in [1.29, 1.82) is 0 Å². The number of aromatic nitrogens is 2. The van der Waals surface area contributed by atoms with Crippen LogP contribution in [0.2, 0.25) is 5.02 Å². The van der Waals surface area contributed by atoms with Crippen molar-refractivity contribution in [3.8, 4) is 5.75 Å². The molecule has 0 fully saturated rings. The zero-order valence-corrected chi connectivity index (χ0v) is 17.2. The highest BCUT2D eigenvalue weighted by molar-refractivity contribution is 7.92. The van der Waals surface area contributed by atoms with Gasteiger partial charge in [0.2, 0.25) is 10.0 Å². The van der Waals surface area contributed by atoms with E-state index in [2.05, 4.69) is 5.10 Å². The molecule has 0 spiro atoms. The Kier molecular flexibility index (Phi) is 5.85. The largest absolute Gasteiger partial charge is 0.497 e. The molecule has 0 atom stereocenters. The second kappa shape index (κ2) is 8.03. The summed E-state index contributed by atoms with van der Waals surface area (Å²) in [6, 6.07) is 9.72. The van der Waals surface area contributed by atoms with Gasteiger partial charge in [0.1, 0.15) is 12.3 Å². The van der Waals surface area contributed by atoms with Crippen molar-refractivity contribution in [2.75, 3.05) is 23.4 Å². The number of nitrogens with zero attached hydrogens (tertiary/aromatic N) is 3. The number of ether oxygens (including phenoxy) is 1. The Morgan fingerprint density at radius 1 is 1.24 bits per heavy atom. The van der Waals surface area contributed by atoms with Gasteiger partial charge in [-0.15, -0.1) is 0 Å². The maximum atomic E-state index is 13.1. The zero-order valence-electron chi connectivity index (χ0n) is 15.6. The lowest BCUT2D eigenvalue weighted by Gasteiger charge is -2.21. The molecule has 0 amide bonds. The molecule has 0 aliphatic heterocycles. The van der Waals surface area contributed by atoms with Gasteiger partial charge in [-0.05, 0) is 29.8 Å². The van der Waals surface area contributed by atoms with Crippen LogP contribution in [0.25, 0.3) is 10.9 Å². The first-order valence-electron chi connectivity index (χ1n) is 8.45. The smallest absolute Gasteiger partial charge is 0.257 e. The van der Waals surface area contributed by atoms with Gasteiger partial charge in [-0.3, -0.25) is 4.68 Å². The van der Waals surface area contributed by atoms with Crippen molar-refractivity contribution in [3.63, 3.8) is 0 Å². The summed E-state index contributed by atoms with van der Waals surface area (Å²) in [7, 11) is -2.31. The number of benzene rings is 2. The second-order valence-electron chi connectivity index (χ2n) is 6.37. The van der Waals surface area contributed by atoms with Crippen molar-refractivity contribution < 1.29 is 21.9 Å². The quantitative estimate of drug-likeness (QED) is 0.563. The monoisotopic (exact) mass is 444 g/mol. The second-order valence-corrected chi connectivity index (χ2v) is 8.69. The number of nitrogen functional groups attached to an aromatic ring is 1. The van der Waals surface area contributed by atoms with Crippen molar-refractivity contribution in [3.05, 3.63) is 47.0 Å². The molecule has 0 aliphatic carbocycles. The third-order valence-corrected chi connectivity index (χ3v) is 5.71. The molecule has 0 saturated heterocycles. The molecule has 1 aromatic heterocycles. The van der Waals surface area contributed by atoms with E-state index in [0.29, 0.717) is 11.3 Å². The summed E-state index contributed by atoms with van der Waals surface area (Å²) in [5.74, 6) is 0.554. The van der Waals surface area contributed by atoms with Crippen LogP contribution in [-0.4, -0.2) is 38.0 Å². The molecule has 29 heavy (non-hydrogen) atoms. The maximum Gasteiger partial charge on any atom is 0.257 e. The van der Waals surface area contributed by atoms with Crippen LogP contribution < -0.4 is 14.8 Å². The number of rotatable bonds is 7. The van der Waals surface area contributed by atoms with Crippen LogP contribution in [0, 0.1) is 0 Å². The van der Waals surface area contributed by atoms with Gasteiger partial charge in [0.05, 0.1) is 41.5 Å². The van der Waals surface area contributed by atoms with Gasteiger partial charge in [0.25, 0.3) is 6.43 Å². The van der Waals surface area contributed by atoms with Crippen LogP contribution in [0.4, 0.5) is 20.3 Å². The number of hydrogen-bond donors (Lipinski definition) is 1. The van der Waals surface area contributed by atoms with Crippen molar-refractivity contribution in [1.82, 2.24) is 9.78 Å². The van der Waals surface area contributed by atoms with Gasteiger partial charge >= 0.3 is 0 Å². The minimum atomic E-state index is -3.83. The molecule has 11 heteroatoms. The highest BCUT2D eigenvalue weighted by Crippen LogP contribution is 2.37. The molecule has 3 rings (SSSR count). The number of alkyl halides is 2. The molecule has 0 saturated carbocycles. The maximum absolute atomic E-state index is 13.1. The van der Waals surface area contributed by atoms with Gasteiger partial charge in [-0.2, -0.15) is 5.10 Å². The Bertz CT molecular complexity index is 1130. The Morgan fingerprint density at radius 3 is 2.45 bits per heavy atom. The van der Waals surface area contributed by atoms with E-state index in [1.54, 1.807) is 24.3 Å². The highest BCUT2D eigenvalue weighted by atomic mass is 35.5. The summed E-state index contributed by atoms with van der Waals surface area (Å²) in [5, 5.41) is 4.50. The van der Waals surface area contributed by atoms with Crippen molar-refractivity contribution >= 4 is 44.0 Å². The predicted octanol–water partition coefficient (Wildman–Crippen LogP) is 3.51. The topological polar surface area (TPSA) is 90.4 Å². The Morgan fingerprint density at radius 2 is 1.90 bits per heavy atom. The minimum absolute atomic E-state index is 0.0590. The lowest BCUT2D eigenvalue weighted by molar-refractivity contribution is 0.123. The summed E-state index contributed by atoms with van der Waals surface area (Å²) in [4.78, 5) is 0. The molecule has 0 radical (unpaired) electrons. The Balaban J connectivity index is 2.18. The van der Waals surface area contributed by atoms with Crippen molar-refractivity contribution in [2.45, 2.75) is 19.5 Å². The predicted molar refractivity (Wildman–Crippen MR) is 109 cm³/mol. The third-order valence-electron chi connectivity index (χ3n) is 4.29. The van der Waals surface area contributed by atoms with E-state index in [0.717, 1.165) is 15.2 Å². The fraction of sp³-hybridized carbons (Fsp3) is 0.278. The highest BCUT2D eigenvalue weighted by Gasteiger charge is 2.27. The minimum Gasteiger partial charge on any atom is -0.497 e. The van der Waals surface area contributed by atoms with Crippen LogP contribution in [0.3, 0.4) is 0 Å². The number of fused-ring (bicyclic) bond motifs is 1. The summed E-state index contributed by atoms with van der Waals surface area (Å²) in [6.45, 7) is -0.823. The molecule has 0 unspecified atom stereocenters. The lowest BCUT2D eigenvalue weighted by atomic mass is 10.2. The lowest BCUT2D eigenvalue weighted by Crippen LogP contribution is -2.30. The van der Waals surface area contributed by atoms with Crippen LogP contribution in [-0.2, 0) is 23.1 Å². The van der Waals surface area contributed by atoms with Gasteiger partial charge in [-0.1, -0.05) is 23.7 Å². The van der Waals surface area contributed by atoms with E-state index in [1.165, 1.54) is 19.2 Å². The van der Waals surface area contributed by atoms with Crippen LogP contribution in [0.1, 0.15) is 5.56 Å². The number of hydrogen-bond acceptors (Lipinski definition) is 5. The standard InChI is InChI=1S/C18H19ClF2N4O3S/c1-28-12-5-3-11(4-6-12)9-25(29(2,26)27)18-16-13(19)7-8-14(22)17(16)24(23-18)10-15(20)21/h3-8,15H,9-10,22H2,1-2H3. The van der Waals surface area contributed by atoms with Gasteiger partial charge in [0.15, 0.2) is 5.82 Å². The summed E-state index contributed by atoms with van der Waals surface area (Å²) in [6.07, 6.45) is -1.70. The molecular formula is C18H19ClF2N4O3S. The van der Waals surface area contributed by atoms with Crippen molar-refractivity contribution in [2.24, 2.45) is 0 Å². The van der Waals surface area contributed by atoms with E-state index in [-0.39, 0.29) is 34.0 Å². The van der Waals surface area contributed by atoms with Crippen LogP contribution in [0.5, 0.6) is 5.75 Å². The van der Waals surface area contributed by atoms with Crippen LogP contribution in [0.15, 0.2) is 36.4 Å². The fourth-order valence-electron chi connectivity index (χ4n) is 2.97. The summed E-state index contributed by atoms with van der Waals surface area (Å²) in [5.41, 5.74) is 6.94. The average molecular weight is 445 g/mol. The SMILES string of the molecule is COc1ccc(CN(c2nn(CC(F)F)c3c(N)ccc(Cl)c23)S(C)(=O)=O)cc1. The Labute approximate surface area is 171 Å². The van der Waals surface area contributed by atoms with Gasteiger partial charge < -0.3 is 10.5 Å². The third kappa shape index (κ3) is 4.38. The van der Waals surface area contributed by atoms with Gasteiger partial charge in [-0.25, -0.2) is 21.5 Å². The molecule has 0 aliphatic rings. The molecule has 2 N–H and O–H groups in total. The normalized spacial score (nSPS) is 11.9. The number of sulfonamides is 1. The van der Waals surface area contributed by atoms with Crippen LogP contribution >= 0.6 is 11.6 Å². The molecule has 0 bridgehead atoms. The van der Waals surface area contributed by atoms with Gasteiger partial charge in [0, 0.05) is 0 Å². The fourth-order valence-corrected chi connectivity index (χ4v) is 4.03. The summed E-state index contributed by atoms with van der Waals surface area (Å²) < 4.78 is 58.4. The number of methoxy groups -OCH3 is 1.